The van der Waals surface area contributed by atoms with Crippen molar-refractivity contribution in [3.63, 3.8) is 0 Å². The Hall–Kier alpha value is -1.62. The lowest BCUT2D eigenvalue weighted by Gasteiger charge is -2.16. The van der Waals surface area contributed by atoms with Gasteiger partial charge in [0.2, 0.25) is 0 Å². The first-order valence-electron chi connectivity index (χ1n) is 5.33. The fourth-order valence-electron chi connectivity index (χ4n) is 1.86. The molecule has 2 aromatic heterocycles. The molecule has 2 rings (SSSR count). The Morgan fingerprint density at radius 3 is 2.69 bits per heavy atom. The van der Waals surface area contributed by atoms with Gasteiger partial charge in [-0.05, 0) is 13.1 Å². The summed E-state index contributed by atoms with van der Waals surface area (Å²) in [6.07, 6.45) is 6.47. The summed E-state index contributed by atoms with van der Waals surface area (Å²) in [6, 6.07) is 2.28. The van der Waals surface area contributed by atoms with Gasteiger partial charge in [-0.3, -0.25) is 4.68 Å². The molecule has 86 valence electrons. The summed E-state index contributed by atoms with van der Waals surface area (Å²) in [6.45, 7) is 0. The van der Waals surface area contributed by atoms with Crippen LogP contribution in [0.5, 0.6) is 0 Å². The van der Waals surface area contributed by atoms with Crippen molar-refractivity contribution in [3.05, 3.63) is 36.2 Å². The van der Waals surface area contributed by atoms with E-state index in [0.717, 1.165) is 12.2 Å². The monoisotopic (exact) mass is 219 g/mol. The molecule has 0 fully saturated rings. The van der Waals surface area contributed by atoms with Gasteiger partial charge in [-0.1, -0.05) is 0 Å². The quantitative estimate of drug-likeness (QED) is 0.821. The van der Waals surface area contributed by atoms with E-state index in [4.69, 9.17) is 0 Å². The summed E-state index contributed by atoms with van der Waals surface area (Å²) in [7, 11) is 5.93. The van der Waals surface area contributed by atoms with Crippen molar-refractivity contribution in [1.82, 2.24) is 24.6 Å². The first-order chi connectivity index (χ1) is 7.72. The third-order valence-corrected chi connectivity index (χ3v) is 2.87. The molecule has 1 atom stereocenters. The van der Waals surface area contributed by atoms with Crippen LogP contribution in [0, 0.1) is 0 Å². The number of imidazole rings is 1. The lowest BCUT2D eigenvalue weighted by Crippen LogP contribution is -2.22. The Morgan fingerprint density at radius 2 is 2.19 bits per heavy atom. The molecule has 5 heteroatoms. The Kier molecular flexibility index (Phi) is 3.05. The van der Waals surface area contributed by atoms with E-state index < -0.39 is 0 Å². The normalized spacial score (nSPS) is 12.9. The Bertz CT molecular complexity index is 456. The van der Waals surface area contributed by atoms with E-state index >= 15 is 0 Å². The van der Waals surface area contributed by atoms with Crippen LogP contribution in [0.25, 0.3) is 0 Å². The van der Waals surface area contributed by atoms with Gasteiger partial charge in [0, 0.05) is 39.1 Å². The lowest BCUT2D eigenvalue weighted by atomic mass is 10.1. The van der Waals surface area contributed by atoms with Crippen LogP contribution < -0.4 is 5.32 Å². The number of likely N-dealkylation sites (N-methyl/N-ethyl adjacent to an activating group) is 1. The largest absolute Gasteiger partial charge is 0.338 e. The molecular weight excluding hydrogens is 202 g/mol. The molecule has 0 spiro atoms. The molecule has 5 nitrogen and oxygen atoms in total. The zero-order valence-electron chi connectivity index (χ0n) is 9.88. The zero-order valence-corrected chi connectivity index (χ0v) is 9.88. The van der Waals surface area contributed by atoms with E-state index in [9.17, 15) is 0 Å². The van der Waals surface area contributed by atoms with Crippen LogP contribution >= 0.6 is 0 Å². The summed E-state index contributed by atoms with van der Waals surface area (Å²) in [4.78, 5) is 4.34. The molecule has 0 aliphatic rings. The van der Waals surface area contributed by atoms with Crippen molar-refractivity contribution in [2.24, 2.45) is 14.1 Å². The molecule has 0 bridgehead atoms. The van der Waals surface area contributed by atoms with Crippen LogP contribution in [0.15, 0.2) is 24.7 Å². The van der Waals surface area contributed by atoms with Gasteiger partial charge in [0.15, 0.2) is 0 Å². The van der Waals surface area contributed by atoms with Crippen LogP contribution in [0.2, 0.25) is 0 Å². The van der Waals surface area contributed by atoms with Gasteiger partial charge < -0.3 is 9.88 Å². The number of rotatable bonds is 4. The predicted molar refractivity (Wildman–Crippen MR) is 61.9 cm³/mol. The third kappa shape index (κ3) is 1.99. The molecule has 1 N–H and O–H groups in total. The van der Waals surface area contributed by atoms with Gasteiger partial charge >= 0.3 is 0 Å². The van der Waals surface area contributed by atoms with E-state index in [1.165, 1.54) is 5.69 Å². The number of hydrogen-bond donors (Lipinski definition) is 1. The molecule has 0 amide bonds. The maximum absolute atomic E-state index is 4.34. The minimum Gasteiger partial charge on any atom is -0.338 e. The highest BCUT2D eigenvalue weighted by Gasteiger charge is 2.15. The van der Waals surface area contributed by atoms with Gasteiger partial charge in [0.05, 0.1) is 11.7 Å². The summed E-state index contributed by atoms with van der Waals surface area (Å²) in [5.41, 5.74) is 1.17. The average Bonchev–Trinajstić information content (AvgIpc) is 2.85. The molecule has 0 aliphatic heterocycles. The smallest absolute Gasteiger partial charge is 0.110 e. The highest BCUT2D eigenvalue weighted by Crippen LogP contribution is 2.15. The molecule has 0 aliphatic carbocycles. The molecule has 16 heavy (non-hydrogen) atoms. The lowest BCUT2D eigenvalue weighted by molar-refractivity contribution is 0.519. The predicted octanol–water partition coefficient (Wildman–Crippen LogP) is 0.657. The second kappa shape index (κ2) is 4.49. The van der Waals surface area contributed by atoms with Crippen molar-refractivity contribution in [2.45, 2.75) is 12.5 Å². The van der Waals surface area contributed by atoms with Gasteiger partial charge in [-0.15, -0.1) is 0 Å². The fraction of sp³-hybridized carbons (Fsp3) is 0.455. The summed E-state index contributed by atoms with van der Waals surface area (Å²) in [5.74, 6) is 1.07. The van der Waals surface area contributed by atoms with Crippen molar-refractivity contribution >= 4 is 0 Å². The van der Waals surface area contributed by atoms with Gasteiger partial charge in [0.1, 0.15) is 5.82 Å². The Labute approximate surface area is 95.1 Å². The van der Waals surface area contributed by atoms with Crippen LogP contribution in [-0.4, -0.2) is 26.4 Å². The number of nitrogens with one attached hydrogen (secondary N) is 1. The second-order valence-corrected chi connectivity index (χ2v) is 3.88. The number of hydrogen-bond acceptors (Lipinski definition) is 3. The van der Waals surface area contributed by atoms with E-state index in [-0.39, 0.29) is 6.04 Å². The zero-order chi connectivity index (χ0) is 11.5. The minimum absolute atomic E-state index is 0.244. The van der Waals surface area contributed by atoms with E-state index in [2.05, 4.69) is 15.4 Å². The van der Waals surface area contributed by atoms with E-state index in [0.29, 0.717) is 0 Å². The molecule has 0 radical (unpaired) electrons. The van der Waals surface area contributed by atoms with Crippen molar-refractivity contribution in [1.29, 1.82) is 0 Å². The average molecular weight is 219 g/mol. The molecule has 0 saturated heterocycles. The molecular formula is C11H17N5. The molecule has 2 heterocycles. The van der Waals surface area contributed by atoms with Gasteiger partial charge in [-0.25, -0.2) is 4.98 Å². The van der Waals surface area contributed by atoms with Crippen molar-refractivity contribution in [2.75, 3.05) is 7.05 Å². The summed E-state index contributed by atoms with van der Waals surface area (Å²) >= 11 is 0. The van der Waals surface area contributed by atoms with E-state index in [1.807, 2.05) is 55.0 Å². The van der Waals surface area contributed by atoms with Gasteiger partial charge in [0.25, 0.3) is 0 Å². The number of aryl methyl sites for hydroxylation is 2. The fourth-order valence-corrected chi connectivity index (χ4v) is 1.86. The summed E-state index contributed by atoms with van der Waals surface area (Å²) < 4.78 is 3.94. The SMILES string of the molecule is CNC(Cc1nccn1C)c1ccnn1C. The molecule has 0 aromatic carbocycles. The molecule has 1 unspecified atom stereocenters. The van der Waals surface area contributed by atoms with Crippen LogP contribution in [0.4, 0.5) is 0 Å². The van der Waals surface area contributed by atoms with Gasteiger partial charge in [-0.2, -0.15) is 5.10 Å². The van der Waals surface area contributed by atoms with Crippen molar-refractivity contribution in [3.8, 4) is 0 Å². The highest BCUT2D eigenvalue weighted by atomic mass is 15.3. The van der Waals surface area contributed by atoms with E-state index in [1.54, 1.807) is 0 Å². The first-order valence-corrected chi connectivity index (χ1v) is 5.33. The summed E-state index contributed by atoms with van der Waals surface area (Å²) in [5, 5.41) is 7.48. The van der Waals surface area contributed by atoms with Crippen LogP contribution in [0.1, 0.15) is 17.6 Å². The second-order valence-electron chi connectivity index (χ2n) is 3.88. The third-order valence-electron chi connectivity index (χ3n) is 2.87. The highest BCUT2D eigenvalue weighted by molar-refractivity contribution is 5.09. The molecule has 2 aromatic rings. The number of aromatic nitrogens is 4. The standard InChI is InChI=1S/C11H17N5/c1-12-9(10-4-5-14-16(10)3)8-11-13-6-7-15(11)2/h4-7,9,12H,8H2,1-3H3. The Balaban J connectivity index is 2.19. The maximum atomic E-state index is 4.34. The van der Waals surface area contributed by atoms with Crippen molar-refractivity contribution < 1.29 is 0 Å². The first kappa shape index (κ1) is 10.9. The Morgan fingerprint density at radius 1 is 1.38 bits per heavy atom. The topological polar surface area (TPSA) is 47.7 Å². The minimum atomic E-state index is 0.244. The number of nitrogens with zero attached hydrogens (tertiary/aromatic N) is 4. The van der Waals surface area contributed by atoms with Crippen LogP contribution in [-0.2, 0) is 20.5 Å². The van der Waals surface area contributed by atoms with Crippen LogP contribution in [0.3, 0.4) is 0 Å². The molecule has 0 saturated carbocycles. The maximum Gasteiger partial charge on any atom is 0.110 e.